The zero-order valence-corrected chi connectivity index (χ0v) is 8.20. The predicted molar refractivity (Wildman–Crippen MR) is 52.7 cm³/mol. The van der Waals surface area contributed by atoms with E-state index in [4.69, 9.17) is 11.5 Å². The second-order valence-corrected chi connectivity index (χ2v) is 4.52. The van der Waals surface area contributed by atoms with Crippen LogP contribution in [0.3, 0.4) is 0 Å². The van der Waals surface area contributed by atoms with Gasteiger partial charge in [0.25, 0.3) is 0 Å². The maximum atomic E-state index is 10.9. The molecule has 2 fully saturated rings. The van der Waals surface area contributed by atoms with Gasteiger partial charge in [-0.1, -0.05) is 6.42 Å². The van der Waals surface area contributed by atoms with Crippen LogP contribution in [-0.4, -0.2) is 35.1 Å². The van der Waals surface area contributed by atoms with E-state index >= 15 is 0 Å². The first-order valence-electron chi connectivity index (χ1n) is 5.07. The maximum Gasteiger partial charge on any atom is 0.321 e. The summed E-state index contributed by atoms with van der Waals surface area (Å²) in [7, 11) is 0. The first-order valence-corrected chi connectivity index (χ1v) is 5.07. The number of carboxylic acids is 1. The lowest BCUT2D eigenvalue weighted by Gasteiger charge is -2.57. The summed E-state index contributed by atoms with van der Waals surface area (Å²) in [4.78, 5) is 12.9. The largest absolute Gasteiger partial charge is 0.480 e. The Bertz CT molecular complexity index is 280. The molecule has 1 saturated heterocycles. The Morgan fingerprint density at radius 3 is 2.57 bits per heavy atom. The van der Waals surface area contributed by atoms with Crippen LogP contribution in [0.15, 0.2) is 0 Å². The highest BCUT2D eigenvalue weighted by molar-refractivity contribution is 5.74. The second kappa shape index (κ2) is 3.29. The normalized spacial score (nSPS) is 25.9. The third-order valence-corrected chi connectivity index (χ3v) is 3.53. The van der Waals surface area contributed by atoms with Crippen molar-refractivity contribution in [3.05, 3.63) is 0 Å². The molecule has 3 heteroatoms. The van der Waals surface area contributed by atoms with Crippen molar-refractivity contribution in [3.63, 3.8) is 0 Å². The van der Waals surface area contributed by atoms with E-state index in [1.807, 2.05) is 4.90 Å². The number of hydrogen-bond acceptors (Lipinski definition) is 2. The van der Waals surface area contributed by atoms with Gasteiger partial charge in [-0.15, -0.1) is 12.3 Å². The average molecular weight is 193 g/mol. The van der Waals surface area contributed by atoms with Gasteiger partial charge >= 0.3 is 5.97 Å². The lowest BCUT2D eigenvalue weighted by atomic mass is 9.63. The van der Waals surface area contributed by atoms with E-state index in [-0.39, 0.29) is 0 Å². The second-order valence-electron chi connectivity index (χ2n) is 4.52. The molecule has 1 saturated carbocycles. The number of rotatable bonds is 3. The zero-order chi connectivity index (χ0) is 10.2. The fourth-order valence-corrected chi connectivity index (χ4v) is 2.51. The van der Waals surface area contributed by atoms with Gasteiger partial charge in [0.15, 0.2) is 0 Å². The first kappa shape index (κ1) is 9.54. The number of carbonyl (C=O) groups is 1. The molecule has 1 spiro atoms. The number of carboxylic acid groups (broad SMARTS) is 1. The quantitative estimate of drug-likeness (QED) is 0.678. The van der Waals surface area contributed by atoms with Crippen molar-refractivity contribution in [1.29, 1.82) is 0 Å². The van der Waals surface area contributed by atoms with Crippen molar-refractivity contribution in [1.82, 2.24) is 4.90 Å². The molecule has 3 nitrogen and oxygen atoms in total. The Morgan fingerprint density at radius 2 is 2.21 bits per heavy atom. The van der Waals surface area contributed by atoms with Crippen LogP contribution >= 0.6 is 0 Å². The van der Waals surface area contributed by atoms with Crippen molar-refractivity contribution in [2.24, 2.45) is 5.41 Å². The standard InChI is InChI=1S/C11H15NO2/c1-2-4-9(10(13)14)12-7-11(8-12)5-3-6-11/h1,9H,3-8H2,(H,13,14). The van der Waals surface area contributed by atoms with Crippen molar-refractivity contribution in [2.45, 2.75) is 31.7 Å². The molecular formula is C11H15NO2. The Labute approximate surface area is 84.1 Å². The molecular weight excluding hydrogens is 178 g/mol. The molecule has 0 amide bonds. The molecule has 2 aliphatic rings. The summed E-state index contributed by atoms with van der Waals surface area (Å²) in [6.45, 7) is 1.87. The molecule has 0 bridgehead atoms. The highest BCUT2D eigenvalue weighted by Crippen LogP contribution is 2.48. The summed E-state index contributed by atoms with van der Waals surface area (Å²) in [5, 5.41) is 8.96. The highest BCUT2D eigenvalue weighted by Gasteiger charge is 2.50. The average Bonchev–Trinajstić information content (AvgIpc) is 1.97. The number of terminal acetylenes is 1. The number of aliphatic carboxylic acids is 1. The Hall–Kier alpha value is -1.01. The first-order chi connectivity index (χ1) is 6.67. The van der Waals surface area contributed by atoms with Gasteiger partial charge in [-0.3, -0.25) is 9.69 Å². The van der Waals surface area contributed by atoms with Crippen molar-refractivity contribution in [3.8, 4) is 12.3 Å². The molecule has 2 rings (SSSR count). The summed E-state index contributed by atoms with van der Waals surface area (Å²) in [5.74, 6) is 1.66. The summed E-state index contributed by atoms with van der Waals surface area (Å²) < 4.78 is 0. The Morgan fingerprint density at radius 1 is 1.57 bits per heavy atom. The van der Waals surface area contributed by atoms with E-state index in [9.17, 15) is 4.79 Å². The molecule has 1 unspecified atom stereocenters. The van der Waals surface area contributed by atoms with E-state index in [0.717, 1.165) is 13.1 Å². The van der Waals surface area contributed by atoms with E-state index in [2.05, 4.69) is 5.92 Å². The van der Waals surface area contributed by atoms with Crippen molar-refractivity contribution < 1.29 is 9.90 Å². The molecule has 0 aromatic heterocycles. The molecule has 1 atom stereocenters. The lowest BCUT2D eigenvalue weighted by molar-refractivity contribution is -0.153. The van der Waals surface area contributed by atoms with Crippen LogP contribution in [0.25, 0.3) is 0 Å². The number of nitrogens with zero attached hydrogens (tertiary/aromatic N) is 1. The monoisotopic (exact) mass is 193 g/mol. The number of likely N-dealkylation sites (tertiary alicyclic amines) is 1. The van der Waals surface area contributed by atoms with E-state index in [0.29, 0.717) is 11.8 Å². The summed E-state index contributed by atoms with van der Waals surface area (Å²) in [6.07, 6.45) is 9.33. The van der Waals surface area contributed by atoms with Crippen molar-refractivity contribution >= 4 is 5.97 Å². The number of hydrogen-bond donors (Lipinski definition) is 1. The van der Waals surface area contributed by atoms with E-state index < -0.39 is 12.0 Å². The Balaban J connectivity index is 1.89. The van der Waals surface area contributed by atoms with Crippen LogP contribution in [0, 0.1) is 17.8 Å². The molecule has 0 radical (unpaired) electrons. The smallest absolute Gasteiger partial charge is 0.321 e. The zero-order valence-electron chi connectivity index (χ0n) is 8.20. The van der Waals surface area contributed by atoms with Crippen LogP contribution in [-0.2, 0) is 4.79 Å². The van der Waals surface area contributed by atoms with Gasteiger partial charge in [-0.2, -0.15) is 0 Å². The molecule has 1 aliphatic carbocycles. The van der Waals surface area contributed by atoms with Gasteiger partial charge < -0.3 is 5.11 Å². The minimum absolute atomic E-state index is 0.325. The summed E-state index contributed by atoms with van der Waals surface area (Å²) in [5.41, 5.74) is 0.475. The molecule has 76 valence electrons. The van der Waals surface area contributed by atoms with E-state index in [1.165, 1.54) is 19.3 Å². The molecule has 0 aromatic carbocycles. The summed E-state index contributed by atoms with van der Waals surface area (Å²) >= 11 is 0. The predicted octanol–water partition coefficient (Wildman–Crippen LogP) is 0.949. The summed E-state index contributed by atoms with van der Waals surface area (Å²) in [6, 6.07) is -0.453. The van der Waals surface area contributed by atoms with Crippen molar-refractivity contribution in [2.75, 3.05) is 13.1 Å². The Kier molecular flexibility index (Phi) is 2.24. The minimum atomic E-state index is -0.780. The van der Waals surface area contributed by atoms with Crippen LogP contribution in [0.5, 0.6) is 0 Å². The molecule has 1 aliphatic heterocycles. The van der Waals surface area contributed by atoms with Gasteiger partial charge in [-0.05, 0) is 18.3 Å². The molecule has 0 aromatic rings. The lowest BCUT2D eigenvalue weighted by Crippen LogP contribution is -2.64. The van der Waals surface area contributed by atoms with Gasteiger partial charge in [-0.25, -0.2) is 0 Å². The van der Waals surface area contributed by atoms with Crippen LogP contribution in [0.2, 0.25) is 0 Å². The third kappa shape index (κ3) is 1.40. The topological polar surface area (TPSA) is 40.5 Å². The van der Waals surface area contributed by atoms with Gasteiger partial charge in [0.2, 0.25) is 0 Å². The van der Waals surface area contributed by atoms with Crippen LogP contribution < -0.4 is 0 Å². The SMILES string of the molecule is C#CCC(C(=O)O)N1CC2(CCC2)C1. The molecule has 1 N–H and O–H groups in total. The van der Waals surface area contributed by atoms with Gasteiger partial charge in [0, 0.05) is 19.5 Å². The van der Waals surface area contributed by atoms with Crippen LogP contribution in [0.1, 0.15) is 25.7 Å². The fraction of sp³-hybridized carbons (Fsp3) is 0.727. The maximum absolute atomic E-state index is 10.9. The molecule has 1 heterocycles. The molecule has 14 heavy (non-hydrogen) atoms. The highest BCUT2D eigenvalue weighted by atomic mass is 16.4. The van der Waals surface area contributed by atoms with E-state index in [1.54, 1.807) is 0 Å². The fourth-order valence-electron chi connectivity index (χ4n) is 2.51. The third-order valence-electron chi connectivity index (χ3n) is 3.53. The minimum Gasteiger partial charge on any atom is -0.480 e. The van der Waals surface area contributed by atoms with Gasteiger partial charge in [0.1, 0.15) is 6.04 Å². The van der Waals surface area contributed by atoms with Gasteiger partial charge in [0.05, 0.1) is 0 Å². The van der Waals surface area contributed by atoms with Crippen LogP contribution in [0.4, 0.5) is 0 Å².